The predicted molar refractivity (Wildman–Crippen MR) is 126 cm³/mol. The minimum Gasteiger partial charge on any atom is -0.493 e. The minimum atomic E-state index is -0.937. The van der Waals surface area contributed by atoms with Crippen molar-refractivity contribution in [3.05, 3.63) is 76.9 Å². The van der Waals surface area contributed by atoms with Crippen molar-refractivity contribution < 1.29 is 23.8 Å². The second-order valence-corrected chi connectivity index (χ2v) is 8.18. The minimum absolute atomic E-state index is 0.132. The van der Waals surface area contributed by atoms with E-state index in [0.29, 0.717) is 47.6 Å². The average molecular weight is 464 g/mol. The molecule has 1 amide bonds. The number of halogens is 1. The number of benzene rings is 2. The van der Waals surface area contributed by atoms with Crippen LogP contribution in [0.25, 0.3) is 17.2 Å². The summed E-state index contributed by atoms with van der Waals surface area (Å²) < 4.78 is 22.2. The van der Waals surface area contributed by atoms with Gasteiger partial charge in [-0.25, -0.2) is 4.39 Å². The second-order valence-electron chi connectivity index (χ2n) is 8.18. The highest BCUT2D eigenvalue weighted by atomic mass is 19.1. The Kier molecular flexibility index (Phi) is 6.77. The molecule has 0 fully saturated rings. The van der Waals surface area contributed by atoms with Crippen molar-refractivity contribution in [1.82, 2.24) is 14.7 Å². The van der Waals surface area contributed by atoms with Crippen LogP contribution in [0.2, 0.25) is 0 Å². The van der Waals surface area contributed by atoms with Crippen LogP contribution in [0.1, 0.15) is 29.2 Å². The summed E-state index contributed by atoms with van der Waals surface area (Å²) in [6.07, 6.45) is 6.94. The summed E-state index contributed by atoms with van der Waals surface area (Å²) in [6, 6.07) is 8.34. The van der Waals surface area contributed by atoms with Crippen molar-refractivity contribution in [1.29, 1.82) is 0 Å². The second kappa shape index (κ2) is 9.91. The molecule has 0 atom stereocenters. The van der Waals surface area contributed by atoms with Crippen LogP contribution in [-0.2, 0) is 36.0 Å². The van der Waals surface area contributed by atoms with Crippen LogP contribution in [-0.4, -0.2) is 44.8 Å². The molecule has 0 bridgehead atoms. The molecule has 0 aliphatic carbocycles. The summed E-state index contributed by atoms with van der Waals surface area (Å²) >= 11 is 0. The Balaban J connectivity index is 1.69. The van der Waals surface area contributed by atoms with Gasteiger partial charge < -0.3 is 14.7 Å². The Morgan fingerprint density at radius 2 is 2.03 bits per heavy atom. The maximum Gasteiger partial charge on any atom is 0.307 e. The molecule has 1 aliphatic rings. The molecular formula is C26H26FN3O4. The molecule has 2 heterocycles. The first kappa shape index (κ1) is 23.2. The van der Waals surface area contributed by atoms with Crippen LogP contribution >= 0.6 is 0 Å². The lowest BCUT2D eigenvalue weighted by molar-refractivity contribution is -0.136. The predicted octanol–water partition coefficient (Wildman–Crippen LogP) is 3.85. The fourth-order valence-electron chi connectivity index (χ4n) is 4.23. The van der Waals surface area contributed by atoms with Gasteiger partial charge in [0.15, 0.2) is 0 Å². The lowest BCUT2D eigenvalue weighted by atomic mass is 9.89. The lowest BCUT2D eigenvalue weighted by Crippen LogP contribution is -2.35. The number of ether oxygens (including phenoxy) is 1. The Morgan fingerprint density at radius 3 is 2.74 bits per heavy atom. The molecule has 4 rings (SSSR count). The normalized spacial score (nSPS) is 13.2. The molecule has 2 aromatic carbocycles. The molecule has 8 heteroatoms. The number of hydrogen-bond donors (Lipinski definition) is 1. The van der Waals surface area contributed by atoms with E-state index in [0.717, 1.165) is 11.1 Å². The average Bonchev–Trinajstić information content (AvgIpc) is 3.23. The molecule has 1 N–H and O–H groups in total. The van der Waals surface area contributed by atoms with Crippen molar-refractivity contribution in [2.24, 2.45) is 7.05 Å². The first-order valence-electron chi connectivity index (χ1n) is 11.1. The van der Waals surface area contributed by atoms with Gasteiger partial charge in [-0.2, -0.15) is 5.10 Å². The number of aromatic nitrogens is 2. The van der Waals surface area contributed by atoms with Gasteiger partial charge in [0.05, 0.1) is 19.2 Å². The van der Waals surface area contributed by atoms with Crippen LogP contribution in [0.5, 0.6) is 5.75 Å². The summed E-state index contributed by atoms with van der Waals surface area (Å²) in [4.78, 5) is 25.8. The number of rotatable bonds is 7. The van der Waals surface area contributed by atoms with Gasteiger partial charge in [0, 0.05) is 43.5 Å². The molecule has 3 aromatic rings. The standard InChI is InChI=1S/C26H26FN3O4/c1-3-34-24-8-4-17(13-26(32)33)12-21(24)19-6-7-23(27)20-10-11-30(16-22(19)20)25(31)9-5-18-14-28-29(2)15-18/h4-9,12,14-15H,3,10-11,13,16H2,1-2H3,(H,32,33). The van der Waals surface area contributed by atoms with E-state index in [2.05, 4.69) is 5.10 Å². The first-order chi connectivity index (χ1) is 16.4. The van der Waals surface area contributed by atoms with E-state index in [1.807, 2.05) is 13.1 Å². The fraction of sp³-hybridized carbons (Fsp3) is 0.269. The fourth-order valence-corrected chi connectivity index (χ4v) is 4.23. The summed E-state index contributed by atoms with van der Waals surface area (Å²) in [5.41, 5.74) is 4.15. The zero-order chi connectivity index (χ0) is 24.2. The van der Waals surface area contributed by atoms with Crippen molar-refractivity contribution in [2.75, 3.05) is 13.2 Å². The third-order valence-electron chi connectivity index (χ3n) is 5.80. The molecule has 1 aromatic heterocycles. The number of carbonyl (C=O) groups excluding carboxylic acids is 1. The van der Waals surface area contributed by atoms with Gasteiger partial charge in [0.2, 0.25) is 5.91 Å². The smallest absolute Gasteiger partial charge is 0.307 e. The molecule has 0 saturated heterocycles. The number of aliphatic carboxylic acids is 1. The van der Waals surface area contributed by atoms with E-state index in [4.69, 9.17) is 4.74 Å². The number of hydrogen-bond acceptors (Lipinski definition) is 4. The number of carbonyl (C=O) groups is 2. The number of amides is 1. The van der Waals surface area contributed by atoms with Gasteiger partial charge in [0.1, 0.15) is 11.6 Å². The summed E-state index contributed by atoms with van der Waals surface area (Å²) in [7, 11) is 1.80. The molecule has 7 nitrogen and oxygen atoms in total. The van der Waals surface area contributed by atoms with Crippen molar-refractivity contribution in [3.63, 3.8) is 0 Å². The van der Waals surface area contributed by atoms with E-state index < -0.39 is 5.97 Å². The third-order valence-corrected chi connectivity index (χ3v) is 5.80. The number of nitrogens with zero attached hydrogens (tertiary/aromatic N) is 3. The number of fused-ring (bicyclic) bond motifs is 1. The van der Waals surface area contributed by atoms with Crippen LogP contribution in [0.15, 0.2) is 48.8 Å². The molecule has 1 aliphatic heterocycles. The highest BCUT2D eigenvalue weighted by Crippen LogP contribution is 2.38. The zero-order valence-corrected chi connectivity index (χ0v) is 19.1. The van der Waals surface area contributed by atoms with Gasteiger partial charge in [-0.1, -0.05) is 12.1 Å². The van der Waals surface area contributed by atoms with Crippen LogP contribution in [0.3, 0.4) is 0 Å². The molecule has 0 radical (unpaired) electrons. The maximum atomic E-state index is 14.7. The highest BCUT2D eigenvalue weighted by Gasteiger charge is 2.26. The van der Waals surface area contributed by atoms with Gasteiger partial charge in [-0.05, 0) is 59.9 Å². The number of carboxylic acids is 1. The highest BCUT2D eigenvalue weighted by molar-refractivity contribution is 5.92. The molecule has 34 heavy (non-hydrogen) atoms. The van der Waals surface area contributed by atoms with Crippen LogP contribution in [0.4, 0.5) is 4.39 Å². The summed E-state index contributed by atoms with van der Waals surface area (Å²) in [6.45, 7) is 2.94. The Morgan fingerprint density at radius 1 is 1.21 bits per heavy atom. The van der Waals surface area contributed by atoms with E-state index in [1.165, 1.54) is 12.1 Å². The van der Waals surface area contributed by atoms with Gasteiger partial charge >= 0.3 is 5.97 Å². The largest absolute Gasteiger partial charge is 0.493 e. The summed E-state index contributed by atoms with van der Waals surface area (Å²) in [5, 5.41) is 13.3. The quantitative estimate of drug-likeness (QED) is 0.538. The van der Waals surface area contributed by atoms with Gasteiger partial charge in [-0.3, -0.25) is 14.3 Å². The lowest BCUT2D eigenvalue weighted by Gasteiger charge is -2.30. The molecule has 0 spiro atoms. The Bertz CT molecular complexity index is 1260. The van der Waals surface area contributed by atoms with E-state index in [-0.39, 0.29) is 24.7 Å². The van der Waals surface area contributed by atoms with Gasteiger partial charge in [-0.15, -0.1) is 0 Å². The summed E-state index contributed by atoms with van der Waals surface area (Å²) in [5.74, 6) is -0.829. The van der Waals surface area contributed by atoms with Crippen LogP contribution < -0.4 is 4.74 Å². The van der Waals surface area contributed by atoms with E-state index >= 15 is 0 Å². The molecular weight excluding hydrogens is 437 g/mol. The molecule has 0 saturated carbocycles. The molecule has 0 unspecified atom stereocenters. The number of aryl methyl sites for hydroxylation is 1. The molecule has 176 valence electrons. The van der Waals surface area contributed by atoms with Crippen LogP contribution in [0, 0.1) is 5.82 Å². The van der Waals surface area contributed by atoms with Crippen molar-refractivity contribution in [3.8, 4) is 16.9 Å². The third kappa shape index (κ3) is 5.01. The Labute approximate surface area is 197 Å². The maximum absolute atomic E-state index is 14.7. The van der Waals surface area contributed by atoms with Crippen molar-refractivity contribution in [2.45, 2.75) is 26.3 Å². The first-order valence-corrected chi connectivity index (χ1v) is 11.1. The van der Waals surface area contributed by atoms with Gasteiger partial charge in [0.25, 0.3) is 0 Å². The van der Waals surface area contributed by atoms with E-state index in [1.54, 1.807) is 53.2 Å². The zero-order valence-electron chi connectivity index (χ0n) is 19.1. The topological polar surface area (TPSA) is 84.7 Å². The van der Waals surface area contributed by atoms with Crippen molar-refractivity contribution >= 4 is 18.0 Å². The van der Waals surface area contributed by atoms with E-state index in [9.17, 15) is 19.1 Å². The monoisotopic (exact) mass is 463 g/mol. The Hall–Kier alpha value is -3.94. The number of carboxylic acid groups (broad SMARTS) is 1. The SMILES string of the molecule is CCOc1ccc(CC(=O)O)cc1-c1ccc(F)c2c1CN(C(=O)C=Cc1cnn(C)c1)CC2.